The Kier molecular flexibility index (Phi) is 20.7. The fourth-order valence-electron chi connectivity index (χ4n) is 4.87. The van der Waals surface area contributed by atoms with E-state index in [0.29, 0.717) is 5.56 Å². The molecule has 0 bridgehead atoms. The third kappa shape index (κ3) is 16.5. The highest BCUT2D eigenvalue weighted by Crippen LogP contribution is 2.07. The van der Waals surface area contributed by atoms with E-state index in [4.69, 9.17) is 11.5 Å². The molecule has 17 N–H and O–H groups in total. The molecule has 318 valence electrons. The average molecular weight is 814 g/mol. The second kappa shape index (κ2) is 24.0. The lowest BCUT2D eigenvalue weighted by molar-refractivity contribution is -0.146. The number of aliphatic hydroxyl groups excluding tert-OH is 5. The fraction of sp³-hybridized carbons (Fsp3) is 0.545. The van der Waals surface area contributed by atoms with Crippen molar-refractivity contribution in [2.75, 3.05) is 19.8 Å². The number of nitrogens with one attached hydrogen (secondary N) is 7. The van der Waals surface area contributed by atoms with Gasteiger partial charge in [0.1, 0.15) is 36.3 Å². The summed E-state index contributed by atoms with van der Waals surface area (Å²) in [6.07, 6.45) is -6.07. The molecule has 1 aromatic rings. The summed E-state index contributed by atoms with van der Waals surface area (Å²) in [6, 6.07) is -4.48. The van der Waals surface area contributed by atoms with Crippen molar-refractivity contribution in [3.8, 4) is 0 Å². The number of aliphatic carboxylic acids is 1. The topological polar surface area (TPSA) is 411 Å². The molecule has 1 aromatic carbocycles. The molecule has 8 amide bonds. The van der Waals surface area contributed by atoms with Gasteiger partial charge in [0.15, 0.2) is 6.04 Å². The van der Waals surface area contributed by atoms with Crippen LogP contribution in [0.25, 0.3) is 0 Å². The summed E-state index contributed by atoms with van der Waals surface area (Å²) in [5, 5.41) is 73.9. The lowest BCUT2D eigenvalue weighted by atomic mass is 10.0. The fourth-order valence-corrected chi connectivity index (χ4v) is 4.87. The van der Waals surface area contributed by atoms with Gasteiger partial charge < -0.3 is 79.3 Å². The summed E-state index contributed by atoms with van der Waals surface area (Å²) in [5.74, 6) is -10.8. The molecular weight excluding hydrogens is 762 g/mol. The van der Waals surface area contributed by atoms with E-state index in [1.807, 2.05) is 10.6 Å². The predicted molar refractivity (Wildman–Crippen MR) is 193 cm³/mol. The minimum absolute atomic E-state index is 0.280. The standard InChI is InChI=1S/C33H51N9O15/c1-14(45)24(31(54)39-21(13-44)30(53)41-25(15(2)46)32(55)42-26(16(3)47)33(56)57)40-28(51)18(9-17-7-5-4-6-8-17)37-27(50)19(10-22(35)48)38-29(52)20(12-43)36-23(49)11-34/h4-8,14-16,18-21,24-26,43-47H,9-13,34H2,1-3H3,(H2,35,48)(H,36,49)(H,37,50)(H,38,52)(H,39,54)(H,40,51)(H,41,53)(H,42,55)(H,56,57)/t14-,15-,16-,18+,19+,20+,21+,24+,25+,26+/m1/s1. The van der Waals surface area contributed by atoms with E-state index >= 15 is 0 Å². The predicted octanol–water partition coefficient (Wildman–Crippen LogP) is -8.33. The van der Waals surface area contributed by atoms with Crippen molar-refractivity contribution in [3.63, 3.8) is 0 Å². The molecule has 0 aromatic heterocycles. The van der Waals surface area contributed by atoms with Crippen LogP contribution >= 0.6 is 0 Å². The van der Waals surface area contributed by atoms with Gasteiger partial charge in [-0.05, 0) is 26.3 Å². The highest BCUT2D eigenvalue weighted by molar-refractivity contribution is 5.98. The van der Waals surface area contributed by atoms with E-state index in [1.165, 1.54) is 0 Å². The number of nitrogens with two attached hydrogens (primary N) is 2. The molecule has 10 atom stereocenters. The first-order chi connectivity index (χ1) is 26.7. The van der Waals surface area contributed by atoms with Gasteiger partial charge in [0.2, 0.25) is 47.3 Å². The highest BCUT2D eigenvalue weighted by Gasteiger charge is 2.37. The summed E-state index contributed by atoms with van der Waals surface area (Å²) >= 11 is 0. The first-order valence-corrected chi connectivity index (χ1v) is 17.3. The van der Waals surface area contributed by atoms with Crippen LogP contribution in [-0.2, 0) is 49.6 Å². The molecule has 0 aliphatic rings. The number of hydrogen-bond acceptors (Lipinski definition) is 15. The molecule has 0 aliphatic carbocycles. The number of carbonyl (C=O) groups excluding carboxylic acids is 8. The summed E-state index contributed by atoms with van der Waals surface area (Å²) in [5.41, 5.74) is 10.9. The molecular formula is C33H51N9O15. The number of carbonyl (C=O) groups is 9. The van der Waals surface area contributed by atoms with Crippen LogP contribution in [0.2, 0.25) is 0 Å². The number of primary amides is 1. The van der Waals surface area contributed by atoms with Crippen molar-refractivity contribution >= 4 is 53.2 Å². The van der Waals surface area contributed by atoms with Crippen molar-refractivity contribution in [1.29, 1.82) is 0 Å². The Morgan fingerprint density at radius 1 is 0.561 bits per heavy atom. The number of amides is 8. The van der Waals surface area contributed by atoms with Gasteiger partial charge in [0.25, 0.3) is 0 Å². The van der Waals surface area contributed by atoms with Crippen molar-refractivity contribution < 1.29 is 73.8 Å². The van der Waals surface area contributed by atoms with Crippen LogP contribution in [0.4, 0.5) is 0 Å². The molecule has 0 saturated heterocycles. The Morgan fingerprint density at radius 2 is 0.947 bits per heavy atom. The second-order valence-electron chi connectivity index (χ2n) is 12.8. The first-order valence-electron chi connectivity index (χ1n) is 17.3. The quantitative estimate of drug-likeness (QED) is 0.0461. The normalized spacial score (nSPS) is 16.2. The van der Waals surface area contributed by atoms with Crippen LogP contribution in [0.3, 0.4) is 0 Å². The first kappa shape index (κ1) is 49.2. The molecule has 0 heterocycles. The Hall–Kier alpha value is -5.79. The van der Waals surface area contributed by atoms with E-state index in [0.717, 1.165) is 20.8 Å². The molecule has 0 fully saturated rings. The van der Waals surface area contributed by atoms with Crippen LogP contribution < -0.4 is 48.7 Å². The molecule has 1 rings (SSSR count). The number of carboxylic acids is 1. The van der Waals surface area contributed by atoms with Crippen LogP contribution in [0.1, 0.15) is 32.8 Å². The lowest BCUT2D eigenvalue weighted by Gasteiger charge is -2.28. The Labute approximate surface area is 325 Å². The smallest absolute Gasteiger partial charge is 0.328 e. The Bertz CT molecular complexity index is 1580. The molecule has 0 radical (unpaired) electrons. The maximum Gasteiger partial charge on any atom is 0.328 e. The summed E-state index contributed by atoms with van der Waals surface area (Å²) in [7, 11) is 0. The van der Waals surface area contributed by atoms with E-state index in [-0.39, 0.29) is 6.42 Å². The monoisotopic (exact) mass is 813 g/mol. The van der Waals surface area contributed by atoms with Gasteiger partial charge in [-0.3, -0.25) is 38.4 Å². The molecule has 57 heavy (non-hydrogen) atoms. The van der Waals surface area contributed by atoms with Gasteiger partial charge in [-0.2, -0.15) is 0 Å². The number of hydrogen-bond donors (Lipinski definition) is 15. The Morgan fingerprint density at radius 3 is 1.39 bits per heavy atom. The summed E-state index contributed by atoms with van der Waals surface area (Å²) in [6.45, 7) is 0.566. The van der Waals surface area contributed by atoms with Crippen LogP contribution in [-0.4, -0.2) is 164 Å². The van der Waals surface area contributed by atoms with Crippen molar-refractivity contribution in [1.82, 2.24) is 37.2 Å². The zero-order valence-electron chi connectivity index (χ0n) is 31.2. The zero-order valence-corrected chi connectivity index (χ0v) is 31.2. The van der Waals surface area contributed by atoms with Crippen molar-refractivity contribution in [2.45, 2.75) is 94.2 Å². The molecule has 24 nitrogen and oxygen atoms in total. The summed E-state index contributed by atoms with van der Waals surface area (Å²) < 4.78 is 0. The molecule has 0 aliphatic heterocycles. The largest absolute Gasteiger partial charge is 0.480 e. The Balaban J connectivity index is 3.31. The number of rotatable bonds is 24. The highest BCUT2D eigenvalue weighted by atomic mass is 16.4. The summed E-state index contributed by atoms with van der Waals surface area (Å²) in [4.78, 5) is 114. The zero-order chi connectivity index (χ0) is 43.6. The molecule has 0 unspecified atom stereocenters. The van der Waals surface area contributed by atoms with Gasteiger partial charge >= 0.3 is 5.97 Å². The van der Waals surface area contributed by atoms with Gasteiger partial charge in [0, 0.05) is 6.42 Å². The molecule has 0 saturated carbocycles. The van der Waals surface area contributed by atoms with E-state index in [1.54, 1.807) is 30.3 Å². The maximum atomic E-state index is 13.7. The molecule has 0 spiro atoms. The van der Waals surface area contributed by atoms with Crippen LogP contribution in [0, 0.1) is 0 Å². The number of carboxylic acid groups (broad SMARTS) is 1. The van der Waals surface area contributed by atoms with Gasteiger partial charge in [-0.15, -0.1) is 0 Å². The minimum Gasteiger partial charge on any atom is -0.480 e. The van der Waals surface area contributed by atoms with Crippen LogP contribution in [0.5, 0.6) is 0 Å². The van der Waals surface area contributed by atoms with Crippen molar-refractivity contribution in [2.24, 2.45) is 11.5 Å². The minimum atomic E-state index is -1.90. The SMILES string of the molecule is C[C@@H](O)[C@H](NC(=O)[C@@H](NC(=O)[C@H](CO)NC(=O)[C@@H](NC(=O)[C@H](Cc1ccccc1)NC(=O)[C@H](CC(N)=O)NC(=O)[C@H](CO)NC(=O)CN)[C@@H](C)O)[C@@H](C)O)C(=O)O. The van der Waals surface area contributed by atoms with Gasteiger partial charge in [-0.25, -0.2) is 4.79 Å². The number of benzene rings is 1. The average Bonchev–Trinajstić information content (AvgIpc) is 3.14. The number of aliphatic hydroxyl groups is 5. The van der Waals surface area contributed by atoms with Crippen molar-refractivity contribution in [3.05, 3.63) is 35.9 Å². The third-order valence-electron chi connectivity index (χ3n) is 7.96. The van der Waals surface area contributed by atoms with Crippen LogP contribution in [0.15, 0.2) is 30.3 Å². The third-order valence-corrected chi connectivity index (χ3v) is 7.96. The maximum absolute atomic E-state index is 13.7. The van der Waals surface area contributed by atoms with Gasteiger partial charge in [0.05, 0.1) is 44.5 Å². The van der Waals surface area contributed by atoms with E-state index < -0.39 is 140 Å². The second-order valence-corrected chi connectivity index (χ2v) is 12.8. The molecule has 24 heteroatoms. The lowest BCUT2D eigenvalue weighted by Crippen LogP contribution is -2.63. The van der Waals surface area contributed by atoms with E-state index in [2.05, 4.69) is 26.6 Å². The van der Waals surface area contributed by atoms with E-state index in [9.17, 15) is 73.8 Å². The van der Waals surface area contributed by atoms with Gasteiger partial charge in [-0.1, -0.05) is 30.3 Å².